The van der Waals surface area contributed by atoms with Gasteiger partial charge in [0.25, 0.3) is 10.1 Å². The van der Waals surface area contributed by atoms with Gasteiger partial charge < -0.3 is 14.8 Å². The maximum Gasteiger partial charge on any atom is 0.407 e. The van der Waals surface area contributed by atoms with Crippen molar-refractivity contribution in [2.75, 3.05) is 12.9 Å². The van der Waals surface area contributed by atoms with Crippen LogP contribution in [-0.2, 0) is 25.5 Å². The SMILES string of the molecule is CC(C)(C)OC(=O)NC1CCC(Oc2ncnc3sc4c(c23)[C@@H](COS(C)(=O)=O)CC4)CC1. The number of carbonyl (C=O) groups is 1. The van der Waals surface area contributed by atoms with E-state index in [4.69, 9.17) is 13.7 Å². The molecule has 1 fully saturated rings. The number of carbonyl (C=O) groups excluding carboxylic acids is 1. The fourth-order valence-corrected chi connectivity index (χ4v) is 6.10. The molecule has 2 aromatic heterocycles. The Morgan fingerprint density at radius 1 is 1.18 bits per heavy atom. The van der Waals surface area contributed by atoms with Crippen LogP contribution in [0.25, 0.3) is 10.2 Å². The van der Waals surface area contributed by atoms with Gasteiger partial charge in [0.15, 0.2) is 0 Å². The summed E-state index contributed by atoms with van der Waals surface area (Å²) in [5.41, 5.74) is 0.544. The van der Waals surface area contributed by atoms with Crippen molar-refractivity contribution in [1.82, 2.24) is 15.3 Å². The third kappa shape index (κ3) is 6.13. The van der Waals surface area contributed by atoms with Crippen LogP contribution >= 0.6 is 11.3 Å². The van der Waals surface area contributed by atoms with Crippen LogP contribution in [-0.4, -0.2) is 55.1 Å². The van der Waals surface area contributed by atoms with E-state index in [1.165, 1.54) is 11.2 Å². The fourth-order valence-electron chi connectivity index (χ4n) is 4.46. The molecule has 0 aliphatic heterocycles. The number of amides is 1. The molecule has 0 unspecified atom stereocenters. The zero-order valence-corrected chi connectivity index (χ0v) is 21.1. The van der Waals surface area contributed by atoms with Gasteiger partial charge in [0.1, 0.15) is 22.9 Å². The van der Waals surface area contributed by atoms with Gasteiger partial charge in [-0.2, -0.15) is 8.42 Å². The largest absolute Gasteiger partial charge is 0.474 e. The number of hydrogen-bond acceptors (Lipinski definition) is 9. The van der Waals surface area contributed by atoms with Crippen LogP contribution < -0.4 is 10.1 Å². The monoisotopic (exact) mass is 497 g/mol. The van der Waals surface area contributed by atoms with E-state index in [1.54, 1.807) is 11.3 Å². The molecule has 11 heteroatoms. The second kappa shape index (κ2) is 9.34. The lowest BCUT2D eigenvalue weighted by molar-refractivity contribution is 0.0470. The van der Waals surface area contributed by atoms with Gasteiger partial charge in [-0.3, -0.25) is 4.18 Å². The van der Waals surface area contributed by atoms with Crippen molar-refractivity contribution >= 4 is 37.8 Å². The van der Waals surface area contributed by atoms with Gasteiger partial charge >= 0.3 is 6.09 Å². The van der Waals surface area contributed by atoms with Crippen molar-refractivity contribution in [1.29, 1.82) is 0 Å². The summed E-state index contributed by atoms with van der Waals surface area (Å²) in [5, 5.41) is 3.83. The Balaban J connectivity index is 1.42. The minimum Gasteiger partial charge on any atom is -0.474 e. The summed E-state index contributed by atoms with van der Waals surface area (Å²) in [6, 6.07) is 0.0630. The van der Waals surface area contributed by atoms with Gasteiger partial charge in [0, 0.05) is 16.8 Å². The average Bonchev–Trinajstić information content (AvgIpc) is 3.25. The Morgan fingerprint density at radius 3 is 2.58 bits per heavy atom. The normalized spacial score (nSPS) is 23.3. The first-order chi connectivity index (χ1) is 15.5. The number of fused-ring (bicyclic) bond motifs is 3. The van der Waals surface area contributed by atoms with E-state index in [0.717, 1.165) is 60.6 Å². The lowest BCUT2D eigenvalue weighted by atomic mass is 9.93. The molecule has 33 heavy (non-hydrogen) atoms. The van der Waals surface area contributed by atoms with Crippen LogP contribution in [0.5, 0.6) is 5.88 Å². The van der Waals surface area contributed by atoms with Crippen molar-refractivity contribution < 1.29 is 26.9 Å². The number of aromatic nitrogens is 2. The smallest absolute Gasteiger partial charge is 0.407 e. The molecule has 0 aromatic carbocycles. The molecule has 1 N–H and O–H groups in total. The third-order valence-corrected chi connectivity index (χ3v) is 7.59. The number of hydrogen-bond donors (Lipinski definition) is 1. The maximum atomic E-state index is 12.0. The Morgan fingerprint density at radius 2 is 1.91 bits per heavy atom. The Kier molecular flexibility index (Phi) is 6.84. The number of nitrogens with zero attached hydrogens (tertiary/aromatic N) is 2. The summed E-state index contributed by atoms with van der Waals surface area (Å²) in [7, 11) is -3.51. The zero-order chi connectivity index (χ0) is 23.8. The van der Waals surface area contributed by atoms with Gasteiger partial charge in [0.2, 0.25) is 5.88 Å². The standard InChI is InChI=1S/C22H31N3O6S2/c1-22(2,3)31-21(26)25-14-6-8-15(9-7-14)30-19-18-17-13(11-29-33(4,27)28)5-10-16(17)32-20(18)24-12-23-19/h12-15H,5-11H2,1-4H3,(H,25,26)/t13-,14?,15?/m1/s1. The molecule has 1 saturated carbocycles. The maximum absolute atomic E-state index is 12.0. The van der Waals surface area contributed by atoms with Gasteiger partial charge in [-0.25, -0.2) is 14.8 Å². The lowest BCUT2D eigenvalue weighted by Gasteiger charge is -2.30. The summed E-state index contributed by atoms with van der Waals surface area (Å²) in [4.78, 5) is 22.9. The highest BCUT2D eigenvalue weighted by Gasteiger charge is 2.32. The van der Waals surface area contributed by atoms with E-state index in [1.807, 2.05) is 20.8 Å². The fraction of sp³-hybridized carbons (Fsp3) is 0.682. The first-order valence-electron chi connectivity index (χ1n) is 11.3. The van der Waals surface area contributed by atoms with Crippen LogP contribution in [0.4, 0.5) is 4.79 Å². The zero-order valence-electron chi connectivity index (χ0n) is 19.4. The molecule has 4 rings (SSSR count). The second-order valence-corrected chi connectivity index (χ2v) is 12.5. The molecular weight excluding hydrogens is 466 g/mol. The highest BCUT2D eigenvalue weighted by Crippen LogP contribution is 2.46. The van der Waals surface area contributed by atoms with E-state index in [0.29, 0.717) is 5.88 Å². The van der Waals surface area contributed by atoms with Crippen molar-refractivity contribution in [3.8, 4) is 5.88 Å². The Hall–Kier alpha value is -1.98. The average molecular weight is 498 g/mol. The molecule has 9 nitrogen and oxygen atoms in total. The quantitative estimate of drug-likeness (QED) is 0.597. The van der Waals surface area contributed by atoms with Crippen molar-refractivity contribution in [2.45, 2.75) is 83.0 Å². The number of aryl methyl sites for hydroxylation is 1. The number of ether oxygens (including phenoxy) is 2. The number of nitrogens with one attached hydrogen (secondary N) is 1. The molecule has 2 aliphatic carbocycles. The third-order valence-electron chi connectivity index (χ3n) is 5.85. The van der Waals surface area contributed by atoms with Gasteiger partial charge in [0.05, 0.1) is 18.2 Å². The van der Waals surface area contributed by atoms with Gasteiger partial charge in [-0.15, -0.1) is 11.3 Å². The highest BCUT2D eigenvalue weighted by atomic mass is 32.2. The second-order valence-electron chi connectivity index (χ2n) is 9.76. The van der Waals surface area contributed by atoms with Crippen molar-refractivity contribution in [2.24, 2.45) is 0 Å². The van der Waals surface area contributed by atoms with Gasteiger partial charge in [-0.05, 0) is 64.9 Å². The molecule has 0 saturated heterocycles. The summed E-state index contributed by atoms with van der Waals surface area (Å²) in [5.74, 6) is 0.526. The Bertz CT molecular complexity index is 1120. The van der Waals surface area contributed by atoms with E-state index >= 15 is 0 Å². The molecule has 182 valence electrons. The summed E-state index contributed by atoms with van der Waals surface area (Å²) in [6.45, 7) is 5.66. The summed E-state index contributed by atoms with van der Waals surface area (Å²) in [6.07, 6.45) is 7.06. The van der Waals surface area contributed by atoms with E-state index < -0.39 is 15.7 Å². The first kappa shape index (κ1) is 24.2. The minimum absolute atomic E-state index is 0.0116. The Labute approximate surface area is 198 Å². The molecule has 0 radical (unpaired) electrons. The predicted molar refractivity (Wildman–Crippen MR) is 125 cm³/mol. The van der Waals surface area contributed by atoms with Crippen LogP contribution in [0.3, 0.4) is 0 Å². The topological polar surface area (TPSA) is 117 Å². The minimum atomic E-state index is -3.51. The predicted octanol–water partition coefficient (Wildman–Crippen LogP) is 3.91. The van der Waals surface area contributed by atoms with Crippen LogP contribution in [0.2, 0.25) is 0 Å². The van der Waals surface area contributed by atoms with Crippen LogP contribution in [0.1, 0.15) is 69.2 Å². The molecule has 2 heterocycles. The summed E-state index contributed by atoms with van der Waals surface area (Å²) < 4.78 is 39.8. The number of thiophene rings is 1. The van der Waals surface area contributed by atoms with Crippen LogP contribution in [0, 0.1) is 0 Å². The van der Waals surface area contributed by atoms with E-state index in [-0.39, 0.29) is 30.8 Å². The number of alkyl carbamates (subject to hydrolysis) is 1. The van der Waals surface area contributed by atoms with Crippen molar-refractivity contribution in [3.63, 3.8) is 0 Å². The molecule has 0 bridgehead atoms. The van der Waals surface area contributed by atoms with Gasteiger partial charge in [-0.1, -0.05) is 0 Å². The molecular formula is C22H31N3O6S2. The molecule has 1 atom stereocenters. The number of rotatable bonds is 6. The first-order valence-corrected chi connectivity index (χ1v) is 13.9. The van der Waals surface area contributed by atoms with E-state index in [2.05, 4.69) is 15.3 Å². The van der Waals surface area contributed by atoms with E-state index in [9.17, 15) is 13.2 Å². The molecule has 2 aromatic rings. The molecule has 2 aliphatic rings. The lowest BCUT2D eigenvalue weighted by Crippen LogP contribution is -2.42. The van der Waals surface area contributed by atoms with Crippen molar-refractivity contribution in [3.05, 3.63) is 16.8 Å². The van der Waals surface area contributed by atoms with Crippen LogP contribution in [0.15, 0.2) is 6.33 Å². The molecule has 1 amide bonds. The highest BCUT2D eigenvalue weighted by molar-refractivity contribution is 7.85. The summed E-state index contributed by atoms with van der Waals surface area (Å²) >= 11 is 1.61. The molecule has 0 spiro atoms.